The fourth-order valence-corrected chi connectivity index (χ4v) is 4.04. The number of hydrogen-bond acceptors (Lipinski definition) is 6. The summed E-state index contributed by atoms with van der Waals surface area (Å²) in [6.45, 7) is 5.54. The van der Waals surface area contributed by atoms with E-state index in [1.807, 2.05) is 24.1 Å². The van der Waals surface area contributed by atoms with Crippen LogP contribution in [0.25, 0.3) is 0 Å². The van der Waals surface area contributed by atoms with Gasteiger partial charge in [0, 0.05) is 56.8 Å². The highest BCUT2D eigenvalue weighted by Gasteiger charge is 2.43. The number of carboxylic acids is 1. The fourth-order valence-electron chi connectivity index (χ4n) is 3.37. The molecule has 0 amide bonds. The van der Waals surface area contributed by atoms with Gasteiger partial charge in [0.2, 0.25) is 10.0 Å². The van der Waals surface area contributed by atoms with Gasteiger partial charge in [-0.25, -0.2) is 17.9 Å². The number of hydrogen-bond donors (Lipinski definition) is 2. The number of rotatable bonds is 6. The molecule has 2 fully saturated rings. The van der Waals surface area contributed by atoms with Crippen molar-refractivity contribution in [2.75, 3.05) is 32.0 Å². The first-order chi connectivity index (χ1) is 13.4. The fraction of sp³-hybridized carbons (Fsp3) is 0.750. The van der Waals surface area contributed by atoms with Crippen LogP contribution in [0.5, 0.6) is 0 Å². The van der Waals surface area contributed by atoms with Crippen molar-refractivity contribution in [1.82, 2.24) is 19.4 Å². The summed E-state index contributed by atoms with van der Waals surface area (Å²) >= 11 is 0. The topological polar surface area (TPSA) is 114 Å². The van der Waals surface area contributed by atoms with Crippen LogP contribution >= 0.6 is 0 Å². The van der Waals surface area contributed by atoms with Crippen molar-refractivity contribution < 1.29 is 36.2 Å². The lowest BCUT2D eigenvalue weighted by molar-refractivity contribution is -0.192. The molecule has 1 aromatic heterocycles. The minimum Gasteiger partial charge on any atom is -0.475 e. The molecule has 0 spiro atoms. The molecular formula is C16H25F3N4O5S. The molecule has 3 heterocycles. The van der Waals surface area contributed by atoms with Crippen molar-refractivity contribution in [1.29, 1.82) is 0 Å². The number of alkyl halides is 3. The number of carboxylic acid groups (broad SMARTS) is 1. The standard InChI is InChI=1S/C14H24N4O3S.C2HF3O2/c1-3-22(19,20)16-5-12-10-21-14-9-18(8-13(12)14)7-11-4-15-17(2)6-11;3-2(4,5)1(6)7/h4,6,12-14,16H,3,5,7-10H2,1-2H3;(H,6,7)/t12-,13+,14+;/m0./s1. The number of sulfonamides is 1. The summed E-state index contributed by atoms with van der Waals surface area (Å²) in [4.78, 5) is 11.3. The molecule has 0 aliphatic carbocycles. The first kappa shape index (κ1) is 23.6. The monoisotopic (exact) mass is 442 g/mol. The Bertz CT molecular complexity index is 799. The molecule has 13 heteroatoms. The molecule has 2 saturated heterocycles. The highest BCUT2D eigenvalue weighted by Crippen LogP contribution is 2.34. The first-order valence-corrected chi connectivity index (χ1v) is 10.7. The van der Waals surface area contributed by atoms with E-state index in [-0.39, 0.29) is 17.8 Å². The molecule has 1 aromatic rings. The third-order valence-corrected chi connectivity index (χ3v) is 6.23. The molecule has 3 atom stereocenters. The largest absolute Gasteiger partial charge is 0.490 e. The normalized spacial score (nSPS) is 24.8. The zero-order valence-corrected chi connectivity index (χ0v) is 16.9. The average Bonchev–Trinajstić information content (AvgIpc) is 3.29. The van der Waals surface area contributed by atoms with Crippen LogP contribution in [0.4, 0.5) is 13.2 Å². The lowest BCUT2D eigenvalue weighted by Gasteiger charge is -2.19. The molecule has 0 unspecified atom stereocenters. The van der Waals surface area contributed by atoms with Gasteiger partial charge in [0.25, 0.3) is 0 Å². The Morgan fingerprint density at radius 3 is 2.59 bits per heavy atom. The Morgan fingerprint density at radius 2 is 2.07 bits per heavy atom. The smallest absolute Gasteiger partial charge is 0.475 e. The van der Waals surface area contributed by atoms with Crippen molar-refractivity contribution >= 4 is 16.0 Å². The molecule has 3 rings (SSSR count). The molecule has 166 valence electrons. The number of aliphatic carboxylic acids is 1. The average molecular weight is 442 g/mol. The van der Waals surface area contributed by atoms with Crippen LogP contribution in [0.3, 0.4) is 0 Å². The summed E-state index contributed by atoms with van der Waals surface area (Å²) < 4.78 is 65.3. The molecule has 2 aliphatic rings. The molecule has 2 aliphatic heterocycles. The molecule has 0 bridgehead atoms. The van der Waals surface area contributed by atoms with E-state index in [9.17, 15) is 21.6 Å². The van der Waals surface area contributed by atoms with Gasteiger partial charge in [-0.2, -0.15) is 18.3 Å². The number of carbonyl (C=O) groups is 1. The molecule has 29 heavy (non-hydrogen) atoms. The Morgan fingerprint density at radius 1 is 1.41 bits per heavy atom. The SMILES string of the molecule is CCS(=O)(=O)NC[C@H]1CO[C@@H]2CN(Cc3cnn(C)c3)C[C@H]12.O=C(O)C(F)(F)F. The number of nitrogens with one attached hydrogen (secondary N) is 1. The van der Waals surface area contributed by atoms with E-state index in [2.05, 4.69) is 14.7 Å². The molecular weight excluding hydrogens is 417 g/mol. The quantitative estimate of drug-likeness (QED) is 0.657. The molecule has 9 nitrogen and oxygen atoms in total. The predicted octanol–water partition coefficient (Wildman–Crippen LogP) is 0.440. The number of fused-ring (bicyclic) bond motifs is 1. The summed E-state index contributed by atoms with van der Waals surface area (Å²) in [5.74, 6) is -1.95. The van der Waals surface area contributed by atoms with Crippen LogP contribution in [0.2, 0.25) is 0 Å². The maximum Gasteiger partial charge on any atom is 0.490 e. The van der Waals surface area contributed by atoms with Crippen molar-refractivity contribution in [2.24, 2.45) is 18.9 Å². The first-order valence-electron chi connectivity index (χ1n) is 9.00. The molecule has 0 saturated carbocycles. The zero-order valence-electron chi connectivity index (χ0n) is 16.1. The van der Waals surface area contributed by atoms with E-state index in [1.54, 1.807) is 6.92 Å². The number of halogens is 3. The Balaban J connectivity index is 0.000000370. The van der Waals surface area contributed by atoms with Gasteiger partial charge in [-0.15, -0.1) is 0 Å². The molecule has 0 aromatic carbocycles. The molecule has 0 radical (unpaired) electrons. The van der Waals surface area contributed by atoms with E-state index in [0.29, 0.717) is 19.1 Å². The lowest BCUT2D eigenvalue weighted by atomic mass is 9.93. The van der Waals surface area contributed by atoms with Crippen molar-refractivity contribution in [3.63, 3.8) is 0 Å². The number of aryl methyl sites for hydroxylation is 1. The van der Waals surface area contributed by atoms with Crippen molar-refractivity contribution in [3.05, 3.63) is 18.0 Å². The Labute approximate surface area is 166 Å². The summed E-state index contributed by atoms with van der Waals surface area (Å²) in [5, 5.41) is 11.3. The highest BCUT2D eigenvalue weighted by atomic mass is 32.2. The number of ether oxygens (including phenoxy) is 1. The second-order valence-electron chi connectivity index (χ2n) is 7.07. The van der Waals surface area contributed by atoms with E-state index in [4.69, 9.17) is 14.6 Å². The number of nitrogens with zero attached hydrogens (tertiary/aromatic N) is 3. The van der Waals surface area contributed by atoms with Gasteiger partial charge in [0.15, 0.2) is 0 Å². The van der Waals surface area contributed by atoms with Gasteiger partial charge in [0.05, 0.1) is 24.7 Å². The van der Waals surface area contributed by atoms with Crippen molar-refractivity contribution in [2.45, 2.75) is 25.7 Å². The zero-order chi connectivity index (χ0) is 21.8. The maximum absolute atomic E-state index is 11.6. The van der Waals surface area contributed by atoms with Gasteiger partial charge >= 0.3 is 12.1 Å². The third-order valence-electron chi connectivity index (χ3n) is 4.87. The summed E-state index contributed by atoms with van der Waals surface area (Å²) in [6, 6.07) is 0. The summed E-state index contributed by atoms with van der Waals surface area (Å²) in [6.07, 6.45) is -0.934. The van der Waals surface area contributed by atoms with Gasteiger partial charge < -0.3 is 9.84 Å². The Hall–Kier alpha value is -1.70. The summed E-state index contributed by atoms with van der Waals surface area (Å²) in [7, 11) is -1.21. The van der Waals surface area contributed by atoms with Gasteiger partial charge in [0.1, 0.15) is 0 Å². The van der Waals surface area contributed by atoms with Gasteiger partial charge in [-0.1, -0.05) is 0 Å². The van der Waals surface area contributed by atoms with Crippen LogP contribution < -0.4 is 4.72 Å². The second kappa shape index (κ2) is 9.41. The van der Waals surface area contributed by atoms with Crippen LogP contribution in [-0.2, 0) is 33.1 Å². The van der Waals surface area contributed by atoms with Crippen LogP contribution in [0.15, 0.2) is 12.4 Å². The van der Waals surface area contributed by atoms with Crippen LogP contribution in [0, 0.1) is 11.8 Å². The lowest BCUT2D eigenvalue weighted by Crippen LogP contribution is -2.34. The van der Waals surface area contributed by atoms with E-state index >= 15 is 0 Å². The third kappa shape index (κ3) is 6.94. The van der Waals surface area contributed by atoms with Crippen LogP contribution in [0.1, 0.15) is 12.5 Å². The van der Waals surface area contributed by atoms with E-state index in [0.717, 1.165) is 19.6 Å². The second-order valence-corrected chi connectivity index (χ2v) is 9.16. The predicted molar refractivity (Wildman–Crippen MR) is 96.4 cm³/mol. The van der Waals surface area contributed by atoms with E-state index in [1.165, 1.54) is 5.56 Å². The summed E-state index contributed by atoms with van der Waals surface area (Å²) in [5.41, 5.74) is 1.20. The highest BCUT2D eigenvalue weighted by molar-refractivity contribution is 7.89. The van der Waals surface area contributed by atoms with E-state index < -0.39 is 22.2 Å². The van der Waals surface area contributed by atoms with Gasteiger partial charge in [-0.3, -0.25) is 9.58 Å². The maximum atomic E-state index is 11.6. The molecule has 2 N–H and O–H groups in total. The minimum absolute atomic E-state index is 0.127. The minimum atomic E-state index is -5.08. The van der Waals surface area contributed by atoms with Gasteiger partial charge in [-0.05, 0) is 6.92 Å². The number of aromatic nitrogens is 2. The van der Waals surface area contributed by atoms with Crippen molar-refractivity contribution in [3.8, 4) is 0 Å². The Kier molecular flexibility index (Phi) is 7.65. The number of likely N-dealkylation sites (tertiary alicyclic amines) is 1. The van der Waals surface area contributed by atoms with Crippen LogP contribution in [-0.4, -0.2) is 78.4 Å².